The molecule has 0 saturated carbocycles. The molecule has 2 N–H and O–H groups in total. The normalized spacial score (nSPS) is 18.9. The Kier molecular flexibility index (Phi) is 4.59. The van der Waals surface area contributed by atoms with Crippen molar-refractivity contribution < 1.29 is 0 Å². The van der Waals surface area contributed by atoms with E-state index in [0.717, 1.165) is 18.0 Å². The van der Waals surface area contributed by atoms with Crippen molar-refractivity contribution in [3.63, 3.8) is 0 Å². The number of rotatable bonds is 4. The topological polar surface area (TPSA) is 42.1 Å². The van der Waals surface area contributed by atoms with Gasteiger partial charge in [0.05, 0.1) is 17.6 Å². The molecule has 1 saturated heterocycles. The number of nitrogens with zero attached hydrogens (tertiary/aromatic N) is 2. The maximum atomic E-state index is 5.98. The van der Waals surface area contributed by atoms with Crippen LogP contribution in [0.3, 0.4) is 0 Å². The van der Waals surface area contributed by atoms with E-state index in [9.17, 15) is 0 Å². The zero-order chi connectivity index (χ0) is 13.0. The van der Waals surface area contributed by atoms with Gasteiger partial charge >= 0.3 is 0 Å². The smallest absolute Gasteiger partial charge is 0.0572 e. The molecule has 3 nitrogen and oxygen atoms in total. The lowest BCUT2D eigenvalue weighted by Crippen LogP contribution is -2.33. The molecular formula is C15H25N3. The average Bonchev–Trinajstić information content (AvgIpc) is 2.47. The van der Waals surface area contributed by atoms with E-state index in [4.69, 9.17) is 5.73 Å². The van der Waals surface area contributed by atoms with Crippen molar-refractivity contribution in [2.45, 2.75) is 45.6 Å². The number of aromatic nitrogens is 1. The lowest BCUT2D eigenvalue weighted by Gasteiger charge is -2.33. The van der Waals surface area contributed by atoms with Crippen LogP contribution in [0.2, 0.25) is 0 Å². The van der Waals surface area contributed by atoms with Gasteiger partial charge < -0.3 is 10.6 Å². The van der Waals surface area contributed by atoms with Gasteiger partial charge in [0.2, 0.25) is 0 Å². The first-order chi connectivity index (χ1) is 8.74. The average molecular weight is 247 g/mol. The fourth-order valence-electron chi connectivity index (χ4n) is 2.61. The van der Waals surface area contributed by atoms with Gasteiger partial charge in [-0.3, -0.25) is 4.98 Å². The molecular weight excluding hydrogens is 222 g/mol. The highest BCUT2D eigenvalue weighted by molar-refractivity contribution is 5.45. The number of hydrogen-bond donors (Lipinski definition) is 1. The summed E-state index contributed by atoms with van der Waals surface area (Å²) in [6, 6.07) is 4.32. The minimum atomic E-state index is 0.0740. The van der Waals surface area contributed by atoms with Gasteiger partial charge in [0.1, 0.15) is 0 Å². The Morgan fingerprint density at radius 1 is 1.33 bits per heavy atom. The van der Waals surface area contributed by atoms with E-state index in [1.165, 1.54) is 38.0 Å². The summed E-state index contributed by atoms with van der Waals surface area (Å²) in [6.07, 6.45) is 6.86. The molecule has 1 unspecified atom stereocenters. The van der Waals surface area contributed by atoms with E-state index in [2.05, 4.69) is 35.9 Å². The summed E-state index contributed by atoms with van der Waals surface area (Å²) in [7, 11) is 0. The van der Waals surface area contributed by atoms with Crippen molar-refractivity contribution in [2.24, 2.45) is 11.7 Å². The van der Waals surface area contributed by atoms with E-state index < -0.39 is 0 Å². The number of pyridine rings is 1. The summed E-state index contributed by atoms with van der Waals surface area (Å²) < 4.78 is 0. The van der Waals surface area contributed by atoms with Gasteiger partial charge in [-0.2, -0.15) is 0 Å². The molecule has 0 radical (unpaired) electrons. The third-order valence-electron chi connectivity index (χ3n) is 4.15. The van der Waals surface area contributed by atoms with Crippen LogP contribution in [-0.2, 0) is 0 Å². The molecule has 3 heteroatoms. The fraction of sp³-hybridized carbons (Fsp3) is 0.667. The minimum absolute atomic E-state index is 0.0740. The molecule has 1 aliphatic rings. The minimum Gasteiger partial charge on any atom is -0.370 e. The summed E-state index contributed by atoms with van der Waals surface area (Å²) in [5.41, 5.74) is 8.23. The van der Waals surface area contributed by atoms with E-state index in [1.54, 1.807) is 0 Å². The third kappa shape index (κ3) is 3.02. The standard InChI is InChI=1S/C15H25N3/c1-3-12-7-9-18(10-8-12)13-5-6-15(17-11-13)14(16)4-2/h5-6,11-12,14H,3-4,7-10,16H2,1-2H3. The van der Waals surface area contributed by atoms with Crippen molar-refractivity contribution in [1.82, 2.24) is 4.98 Å². The molecule has 0 spiro atoms. The van der Waals surface area contributed by atoms with Gasteiger partial charge in [0, 0.05) is 19.1 Å². The molecule has 2 rings (SSSR count). The van der Waals surface area contributed by atoms with Gasteiger partial charge in [0.25, 0.3) is 0 Å². The second-order valence-corrected chi connectivity index (χ2v) is 5.29. The fourth-order valence-corrected chi connectivity index (χ4v) is 2.61. The van der Waals surface area contributed by atoms with Gasteiger partial charge in [-0.05, 0) is 37.3 Å². The van der Waals surface area contributed by atoms with Crippen LogP contribution in [0.15, 0.2) is 18.3 Å². The number of hydrogen-bond acceptors (Lipinski definition) is 3. The quantitative estimate of drug-likeness (QED) is 0.889. The Morgan fingerprint density at radius 2 is 2.06 bits per heavy atom. The van der Waals surface area contributed by atoms with Gasteiger partial charge in [-0.15, -0.1) is 0 Å². The first-order valence-electron chi connectivity index (χ1n) is 7.21. The number of anilines is 1. The maximum Gasteiger partial charge on any atom is 0.0572 e. The molecule has 0 bridgehead atoms. The summed E-state index contributed by atoms with van der Waals surface area (Å²) >= 11 is 0. The predicted octanol–water partition coefficient (Wildman–Crippen LogP) is 3.12. The molecule has 0 amide bonds. The van der Waals surface area contributed by atoms with Crippen molar-refractivity contribution in [3.05, 3.63) is 24.0 Å². The summed E-state index contributed by atoms with van der Waals surface area (Å²) in [5.74, 6) is 0.919. The van der Waals surface area contributed by atoms with E-state index in [-0.39, 0.29) is 6.04 Å². The van der Waals surface area contributed by atoms with Crippen LogP contribution < -0.4 is 10.6 Å². The maximum absolute atomic E-state index is 5.98. The molecule has 2 heterocycles. The molecule has 1 atom stereocenters. The molecule has 1 aliphatic heterocycles. The monoisotopic (exact) mass is 247 g/mol. The summed E-state index contributed by atoms with van der Waals surface area (Å²) in [6.45, 7) is 6.72. The molecule has 0 aliphatic carbocycles. The lowest BCUT2D eigenvalue weighted by molar-refractivity contribution is 0.395. The van der Waals surface area contributed by atoms with E-state index >= 15 is 0 Å². The van der Waals surface area contributed by atoms with Crippen LogP contribution in [0.4, 0.5) is 5.69 Å². The first kappa shape index (κ1) is 13.3. The van der Waals surface area contributed by atoms with Gasteiger partial charge in [0.15, 0.2) is 0 Å². The zero-order valence-electron chi connectivity index (χ0n) is 11.6. The molecule has 1 aromatic rings. The second-order valence-electron chi connectivity index (χ2n) is 5.29. The molecule has 0 aromatic carbocycles. The Bertz CT molecular complexity index is 353. The van der Waals surface area contributed by atoms with Crippen LogP contribution in [0.25, 0.3) is 0 Å². The summed E-state index contributed by atoms with van der Waals surface area (Å²) in [4.78, 5) is 6.94. The molecule has 1 fully saturated rings. The van der Waals surface area contributed by atoms with Crippen LogP contribution >= 0.6 is 0 Å². The van der Waals surface area contributed by atoms with Crippen LogP contribution in [0, 0.1) is 5.92 Å². The van der Waals surface area contributed by atoms with Gasteiger partial charge in [-0.1, -0.05) is 20.3 Å². The number of nitrogens with two attached hydrogens (primary N) is 1. The van der Waals surface area contributed by atoms with Crippen molar-refractivity contribution in [3.8, 4) is 0 Å². The molecule has 100 valence electrons. The number of piperidine rings is 1. The van der Waals surface area contributed by atoms with Crippen LogP contribution in [0.5, 0.6) is 0 Å². The second kappa shape index (κ2) is 6.19. The Hall–Kier alpha value is -1.09. The molecule has 18 heavy (non-hydrogen) atoms. The van der Waals surface area contributed by atoms with Crippen molar-refractivity contribution >= 4 is 5.69 Å². The highest BCUT2D eigenvalue weighted by atomic mass is 15.1. The Morgan fingerprint density at radius 3 is 2.56 bits per heavy atom. The first-order valence-corrected chi connectivity index (χ1v) is 7.21. The SMILES string of the molecule is CCC1CCN(c2ccc(C(N)CC)nc2)CC1. The highest BCUT2D eigenvalue weighted by Gasteiger charge is 2.18. The zero-order valence-corrected chi connectivity index (χ0v) is 11.6. The Labute approximate surface area is 110 Å². The molecule has 1 aromatic heterocycles. The van der Waals surface area contributed by atoms with Crippen LogP contribution in [0.1, 0.15) is 51.3 Å². The van der Waals surface area contributed by atoms with E-state index in [1.807, 2.05) is 6.20 Å². The van der Waals surface area contributed by atoms with E-state index in [0.29, 0.717) is 0 Å². The lowest BCUT2D eigenvalue weighted by atomic mass is 9.94. The predicted molar refractivity (Wildman–Crippen MR) is 76.7 cm³/mol. The highest BCUT2D eigenvalue weighted by Crippen LogP contribution is 2.25. The third-order valence-corrected chi connectivity index (χ3v) is 4.15. The van der Waals surface area contributed by atoms with Crippen LogP contribution in [-0.4, -0.2) is 18.1 Å². The van der Waals surface area contributed by atoms with Crippen molar-refractivity contribution in [1.29, 1.82) is 0 Å². The largest absolute Gasteiger partial charge is 0.370 e. The Balaban J connectivity index is 1.98. The van der Waals surface area contributed by atoms with Gasteiger partial charge in [-0.25, -0.2) is 0 Å². The summed E-state index contributed by atoms with van der Waals surface area (Å²) in [5, 5.41) is 0. The van der Waals surface area contributed by atoms with Crippen molar-refractivity contribution in [2.75, 3.05) is 18.0 Å².